The lowest BCUT2D eigenvalue weighted by atomic mass is 9.85. The largest absolute Gasteiger partial charge is 0.347 e. The molecule has 4 nitrogen and oxygen atoms in total. The molecule has 0 aromatic carbocycles. The summed E-state index contributed by atoms with van der Waals surface area (Å²) in [6, 6.07) is 0.455. The lowest BCUT2D eigenvalue weighted by Gasteiger charge is -2.42. The van der Waals surface area contributed by atoms with Crippen LogP contribution in [0.2, 0.25) is 0 Å². The van der Waals surface area contributed by atoms with Crippen LogP contribution in [0.3, 0.4) is 0 Å². The summed E-state index contributed by atoms with van der Waals surface area (Å²) in [4.78, 5) is 0. The van der Waals surface area contributed by atoms with Gasteiger partial charge in [0, 0.05) is 19.0 Å². The second-order valence-electron chi connectivity index (χ2n) is 3.81. The van der Waals surface area contributed by atoms with Crippen LogP contribution in [0.25, 0.3) is 0 Å². The van der Waals surface area contributed by atoms with E-state index >= 15 is 0 Å². The van der Waals surface area contributed by atoms with Gasteiger partial charge in [-0.15, -0.1) is 0 Å². The first kappa shape index (κ1) is 9.11. The van der Waals surface area contributed by atoms with Gasteiger partial charge < -0.3 is 9.47 Å². The van der Waals surface area contributed by atoms with Crippen LogP contribution in [-0.2, 0) is 9.47 Å². The number of rotatable bonds is 1. The Hall–Kier alpha value is -0.140. The maximum absolute atomic E-state index is 5.57. The molecule has 1 aliphatic heterocycles. The Balaban J connectivity index is 1.69. The number of aromatic nitrogens is 2. The predicted octanol–water partition coefficient (Wildman–Crippen LogP) is 1.57. The van der Waals surface area contributed by atoms with Crippen molar-refractivity contribution in [2.45, 2.75) is 24.7 Å². The van der Waals surface area contributed by atoms with Crippen molar-refractivity contribution in [2.24, 2.45) is 0 Å². The summed E-state index contributed by atoms with van der Waals surface area (Å²) < 4.78 is 14.3. The molecule has 2 fully saturated rings. The van der Waals surface area contributed by atoms with Crippen LogP contribution in [0.4, 0.5) is 0 Å². The third kappa shape index (κ3) is 1.38. The standard InChI is InChI=1S/C9H11IN2O2/c10-7-5-11-12(6-7)8-3-9(4-8)13-1-2-14-9/h5-6,8H,1-4H2. The van der Waals surface area contributed by atoms with Gasteiger partial charge in [-0.25, -0.2) is 0 Å². The molecule has 2 aliphatic rings. The van der Waals surface area contributed by atoms with Crippen molar-refractivity contribution in [3.05, 3.63) is 16.0 Å². The monoisotopic (exact) mass is 306 g/mol. The highest BCUT2D eigenvalue weighted by molar-refractivity contribution is 14.1. The summed E-state index contributed by atoms with van der Waals surface area (Å²) in [5.41, 5.74) is 0. The smallest absolute Gasteiger partial charge is 0.172 e. The van der Waals surface area contributed by atoms with E-state index in [1.165, 1.54) is 3.57 Å². The number of hydrogen-bond donors (Lipinski definition) is 0. The fourth-order valence-electron chi connectivity index (χ4n) is 2.09. The summed E-state index contributed by atoms with van der Waals surface area (Å²) >= 11 is 2.27. The van der Waals surface area contributed by atoms with Gasteiger partial charge in [-0.1, -0.05) is 0 Å². The Kier molecular flexibility index (Phi) is 2.07. The predicted molar refractivity (Wildman–Crippen MR) is 57.9 cm³/mol. The van der Waals surface area contributed by atoms with E-state index in [1.807, 2.05) is 10.9 Å². The maximum atomic E-state index is 5.57. The summed E-state index contributed by atoms with van der Waals surface area (Å²) in [5.74, 6) is -0.262. The van der Waals surface area contributed by atoms with Gasteiger partial charge in [0.25, 0.3) is 0 Å². The summed E-state index contributed by atoms with van der Waals surface area (Å²) in [6.45, 7) is 1.48. The first-order chi connectivity index (χ1) is 6.77. The molecule has 0 atom stereocenters. The van der Waals surface area contributed by atoms with Gasteiger partial charge in [-0.05, 0) is 22.6 Å². The zero-order chi connectivity index (χ0) is 9.60. The zero-order valence-corrected chi connectivity index (χ0v) is 9.81. The molecule has 0 amide bonds. The molecular weight excluding hydrogens is 295 g/mol. The van der Waals surface area contributed by atoms with Crippen LogP contribution in [-0.4, -0.2) is 28.8 Å². The molecule has 76 valence electrons. The molecule has 1 spiro atoms. The van der Waals surface area contributed by atoms with Gasteiger partial charge in [0.1, 0.15) is 0 Å². The van der Waals surface area contributed by atoms with E-state index in [2.05, 4.69) is 33.9 Å². The summed E-state index contributed by atoms with van der Waals surface area (Å²) in [6.07, 6.45) is 5.81. The molecule has 0 unspecified atom stereocenters. The van der Waals surface area contributed by atoms with Gasteiger partial charge in [-0.3, -0.25) is 4.68 Å². The van der Waals surface area contributed by atoms with Gasteiger partial charge in [0.2, 0.25) is 0 Å². The first-order valence-corrected chi connectivity index (χ1v) is 5.83. The molecule has 14 heavy (non-hydrogen) atoms. The van der Waals surface area contributed by atoms with Crippen LogP contribution in [0.5, 0.6) is 0 Å². The average molecular weight is 306 g/mol. The molecule has 1 aromatic heterocycles. The van der Waals surface area contributed by atoms with E-state index in [-0.39, 0.29) is 5.79 Å². The van der Waals surface area contributed by atoms with Crippen molar-refractivity contribution in [2.75, 3.05) is 13.2 Å². The highest BCUT2D eigenvalue weighted by atomic mass is 127. The van der Waals surface area contributed by atoms with E-state index < -0.39 is 0 Å². The molecule has 0 bridgehead atoms. The van der Waals surface area contributed by atoms with Crippen LogP contribution in [0.15, 0.2) is 12.4 Å². The van der Waals surface area contributed by atoms with Crippen molar-refractivity contribution >= 4 is 22.6 Å². The Morgan fingerprint density at radius 3 is 2.71 bits per heavy atom. The molecular formula is C9H11IN2O2. The van der Waals surface area contributed by atoms with E-state index in [9.17, 15) is 0 Å². The van der Waals surface area contributed by atoms with E-state index in [4.69, 9.17) is 9.47 Å². The number of nitrogens with zero attached hydrogens (tertiary/aromatic N) is 2. The third-order valence-electron chi connectivity index (χ3n) is 2.85. The fourth-order valence-corrected chi connectivity index (χ4v) is 2.50. The van der Waals surface area contributed by atoms with Crippen molar-refractivity contribution in [1.82, 2.24) is 9.78 Å². The quantitative estimate of drug-likeness (QED) is 0.739. The Labute approximate surface area is 95.7 Å². The Bertz CT molecular complexity index is 338. The Morgan fingerprint density at radius 1 is 1.43 bits per heavy atom. The lowest BCUT2D eigenvalue weighted by molar-refractivity contribution is -0.227. The first-order valence-electron chi connectivity index (χ1n) is 4.75. The maximum Gasteiger partial charge on any atom is 0.172 e. The van der Waals surface area contributed by atoms with Crippen molar-refractivity contribution in [1.29, 1.82) is 0 Å². The molecule has 1 saturated heterocycles. The second-order valence-corrected chi connectivity index (χ2v) is 5.05. The van der Waals surface area contributed by atoms with E-state index in [1.54, 1.807) is 0 Å². The van der Waals surface area contributed by atoms with Crippen LogP contribution in [0.1, 0.15) is 18.9 Å². The zero-order valence-electron chi connectivity index (χ0n) is 7.65. The van der Waals surface area contributed by atoms with Crippen molar-refractivity contribution in [3.63, 3.8) is 0 Å². The average Bonchev–Trinajstić information content (AvgIpc) is 2.68. The van der Waals surface area contributed by atoms with Gasteiger partial charge in [-0.2, -0.15) is 5.10 Å². The molecule has 5 heteroatoms. The fraction of sp³-hybridized carbons (Fsp3) is 0.667. The molecule has 1 aliphatic carbocycles. The molecule has 2 heterocycles. The second kappa shape index (κ2) is 3.18. The highest BCUT2D eigenvalue weighted by Gasteiger charge is 2.50. The summed E-state index contributed by atoms with van der Waals surface area (Å²) in [5, 5.41) is 4.29. The normalized spacial score (nSPS) is 25.5. The Morgan fingerprint density at radius 2 is 2.14 bits per heavy atom. The van der Waals surface area contributed by atoms with Crippen molar-refractivity contribution in [3.8, 4) is 0 Å². The molecule has 1 saturated carbocycles. The van der Waals surface area contributed by atoms with Gasteiger partial charge in [0.05, 0.1) is 29.0 Å². The topological polar surface area (TPSA) is 36.3 Å². The van der Waals surface area contributed by atoms with Gasteiger partial charge in [0.15, 0.2) is 5.79 Å². The molecule has 0 radical (unpaired) electrons. The van der Waals surface area contributed by atoms with Crippen molar-refractivity contribution < 1.29 is 9.47 Å². The SMILES string of the molecule is Ic1cnn(C2CC3(C2)OCCO3)c1. The minimum Gasteiger partial charge on any atom is -0.347 e. The molecule has 0 N–H and O–H groups in total. The van der Waals surface area contributed by atoms with Gasteiger partial charge >= 0.3 is 0 Å². The van der Waals surface area contributed by atoms with Crippen LogP contribution >= 0.6 is 22.6 Å². The van der Waals surface area contributed by atoms with E-state index in [0.29, 0.717) is 6.04 Å². The number of hydrogen-bond acceptors (Lipinski definition) is 3. The third-order valence-corrected chi connectivity index (χ3v) is 3.41. The van der Waals surface area contributed by atoms with E-state index in [0.717, 1.165) is 26.1 Å². The highest BCUT2D eigenvalue weighted by Crippen LogP contribution is 2.46. The minimum absolute atomic E-state index is 0.262. The van der Waals surface area contributed by atoms with Crippen LogP contribution in [0, 0.1) is 3.57 Å². The molecule has 1 aromatic rings. The summed E-state index contributed by atoms with van der Waals surface area (Å²) in [7, 11) is 0. The molecule has 3 rings (SSSR count). The number of ether oxygens (including phenoxy) is 2. The van der Waals surface area contributed by atoms with Crippen LogP contribution < -0.4 is 0 Å². The lowest BCUT2D eigenvalue weighted by Crippen LogP contribution is -2.45. The minimum atomic E-state index is -0.262. The number of halogens is 1.